The number of hydrogen-bond acceptors (Lipinski definition) is 5. The Kier molecular flexibility index (Phi) is 7.93. The first-order chi connectivity index (χ1) is 10.5. The Balaban J connectivity index is 0.00000264. The molecule has 1 atom stereocenters. The monoisotopic (exact) mass is 363 g/mol. The van der Waals surface area contributed by atoms with Crippen LogP contribution in [0.1, 0.15) is 16.8 Å². The highest BCUT2D eigenvalue weighted by Crippen LogP contribution is 2.12. The standard InChI is InChI=1S/C14H21N3O4S.ClH/c1-21-8-7-16-22(19,20)13-4-2-3-11(9-13)14(18)17-12-5-6-15-10-12;/h2-4,9,12,15-16H,5-8,10H2,1H3,(H,17,18);1H. The van der Waals surface area contributed by atoms with E-state index in [0.717, 1.165) is 19.5 Å². The highest BCUT2D eigenvalue weighted by molar-refractivity contribution is 7.89. The first-order valence-corrected chi connectivity index (χ1v) is 8.61. The van der Waals surface area contributed by atoms with Crippen molar-refractivity contribution in [3.05, 3.63) is 29.8 Å². The first kappa shape index (κ1) is 19.9. The molecule has 1 aliphatic heterocycles. The van der Waals surface area contributed by atoms with Crippen molar-refractivity contribution in [3.63, 3.8) is 0 Å². The zero-order chi connectivity index (χ0) is 16.0. The Morgan fingerprint density at radius 2 is 2.22 bits per heavy atom. The number of rotatable bonds is 7. The van der Waals surface area contributed by atoms with Crippen LogP contribution in [0.3, 0.4) is 0 Å². The molecule has 9 heteroatoms. The lowest BCUT2D eigenvalue weighted by Gasteiger charge is -2.12. The highest BCUT2D eigenvalue weighted by Gasteiger charge is 2.19. The zero-order valence-corrected chi connectivity index (χ0v) is 14.5. The van der Waals surface area contributed by atoms with E-state index >= 15 is 0 Å². The maximum Gasteiger partial charge on any atom is 0.251 e. The van der Waals surface area contributed by atoms with E-state index < -0.39 is 10.0 Å². The van der Waals surface area contributed by atoms with Gasteiger partial charge in [-0.1, -0.05) is 6.07 Å². The predicted octanol–water partition coefficient (Wildman–Crippen LogP) is 0.125. The number of amides is 1. The fourth-order valence-electron chi connectivity index (χ4n) is 2.21. The van der Waals surface area contributed by atoms with Crippen LogP contribution >= 0.6 is 12.4 Å². The minimum atomic E-state index is -3.64. The number of nitrogens with one attached hydrogen (secondary N) is 3. The fraction of sp³-hybridized carbons (Fsp3) is 0.500. The number of benzene rings is 1. The molecule has 1 aromatic rings. The topological polar surface area (TPSA) is 96.5 Å². The third-order valence-electron chi connectivity index (χ3n) is 3.40. The Bertz CT molecular complexity index is 618. The van der Waals surface area contributed by atoms with Gasteiger partial charge in [-0.2, -0.15) is 0 Å². The van der Waals surface area contributed by atoms with E-state index in [4.69, 9.17) is 4.74 Å². The van der Waals surface area contributed by atoms with Crippen molar-refractivity contribution in [1.29, 1.82) is 0 Å². The van der Waals surface area contributed by atoms with Gasteiger partial charge in [0.15, 0.2) is 0 Å². The first-order valence-electron chi connectivity index (χ1n) is 7.13. The van der Waals surface area contributed by atoms with Crippen molar-refractivity contribution in [3.8, 4) is 0 Å². The lowest BCUT2D eigenvalue weighted by molar-refractivity contribution is 0.0940. The number of methoxy groups -OCH3 is 1. The van der Waals surface area contributed by atoms with Crippen molar-refractivity contribution >= 4 is 28.3 Å². The smallest absolute Gasteiger partial charge is 0.251 e. The molecule has 0 saturated carbocycles. The summed E-state index contributed by atoms with van der Waals surface area (Å²) in [5.74, 6) is -0.261. The summed E-state index contributed by atoms with van der Waals surface area (Å²) < 4.78 is 31.5. The lowest BCUT2D eigenvalue weighted by atomic mass is 10.2. The summed E-state index contributed by atoms with van der Waals surface area (Å²) in [5.41, 5.74) is 0.335. The van der Waals surface area contributed by atoms with Crippen molar-refractivity contribution in [2.24, 2.45) is 0 Å². The van der Waals surface area contributed by atoms with Crippen molar-refractivity contribution < 1.29 is 17.9 Å². The molecule has 23 heavy (non-hydrogen) atoms. The van der Waals surface area contributed by atoms with Crippen LogP contribution in [0.15, 0.2) is 29.2 Å². The van der Waals surface area contributed by atoms with Crippen molar-refractivity contribution in [2.45, 2.75) is 17.4 Å². The summed E-state index contributed by atoms with van der Waals surface area (Å²) in [6.07, 6.45) is 0.877. The fourth-order valence-corrected chi connectivity index (χ4v) is 3.27. The molecular formula is C14H22ClN3O4S. The van der Waals surface area contributed by atoms with Crippen LogP contribution in [0.4, 0.5) is 0 Å². The van der Waals surface area contributed by atoms with Gasteiger partial charge >= 0.3 is 0 Å². The third-order valence-corrected chi connectivity index (χ3v) is 4.86. The second kappa shape index (κ2) is 9.19. The largest absolute Gasteiger partial charge is 0.383 e. The number of carbonyl (C=O) groups is 1. The van der Waals surface area contributed by atoms with E-state index in [1.54, 1.807) is 12.1 Å². The minimum Gasteiger partial charge on any atom is -0.383 e. The molecule has 0 spiro atoms. The molecule has 1 aliphatic rings. The third kappa shape index (κ3) is 5.74. The van der Waals surface area contributed by atoms with Crippen LogP contribution in [0, 0.1) is 0 Å². The molecule has 130 valence electrons. The number of hydrogen-bond donors (Lipinski definition) is 3. The number of ether oxygens (including phenoxy) is 1. The van der Waals surface area contributed by atoms with E-state index in [1.807, 2.05) is 0 Å². The van der Waals surface area contributed by atoms with Gasteiger partial charge in [-0.25, -0.2) is 13.1 Å². The summed E-state index contributed by atoms with van der Waals surface area (Å²) in [6, 6.07) is 6.10. The van der Waals surface area contributed by atoms with Crippen LogP contribution in [-0.2, 0) is 14.8 Å². The van der Waals surface area contributed by atoms with Gasteiger partial charge in [-0.3, -0.25) is 4.79 Å². The molecule has 0 bridgehead atoms. The molecule has 7 nitrogen and oxygen atoms in total. The lowest BCUT2D eigenvalue weighted by Crippen LogP contribution is -2.36. The SMILES string of the molecule is COCCNS(=O)(=O)c1cccc(C(=O)NC2CCNC2)c1.Cl. The van der Waals surface area contributed by atoms with Gasteiger partial charge in [-0.15, -0.1) is 12.4 Å². The molecule has 1 heterocycles. The van der Waals surface area contributed by atoms with Crippen molar-refractivity contribution in [1.82, 2.24) is 15.4 Å². The van der Waals surface area contributed by atoms with Crippen LogP contribution in [0.5, 0.6) is 0 Å². The molecular weight excluding hydrogens is 342 g/mol. The van der Waals surface area contributed by atoms with Gasteiger partial charge in [-0.05, 0) is 31.2 Å². The van der Waals surface area contributed by atoms with Crippen LogP contribution in [-0.4, -0.2) is 53.7 Å². The van der Waals surface area contributed by atoms with Crippen LogP contribution < -0.4 is 15.4 Å². The molecule has 1 unspecified atom stereocenters. The Hall–Kier alpha value is -1.19. The van der Waals surface area contributed by atoms with Gasteiger partial charge < -0.3 is 15.4 Å². The number of halogens is 1. The normalized spacial score (nSPS) is 17.5. The van der Waals surface area contributed by atoms with E-state index in [1.165, 1.54) is 19.2 Å². The van der Waals surface area contributed by atoms with Gasteiger partial charge in [0.25, 0.3) is 5.91 Å². The minimum absolute atomic E-state index is 0. The maximum atomic E-state index is 12.2. The van der Waals surface area contributed by atoms with E-state index in [-0.39, 0.29) is 42.4 Å². The zero-order valence-electron chi connectivity index (χ0n) is 12.9. The Morgan fingerprint density at radius 3 is 2.87 bits per heavy atom. The molecule has 1 fully saturated rings. The molecule has 0 aromatic heterocycles. The number of sulfonamides is 1. The van der Waals surface area contributed by atoms with Gasteiger partial charge in [0.2, 0.25) is 10.0 Å². The van der Waals surface area contributed by atoms with Gasteiger partial charge in [0, 0.05) is 31.8 Å². The summed E-state index contributed by atoms with van der Waals surface area (Å²) in [6.45, 7) is 2.09. The molecule has 0 radical (unpaired) electrons. The summed E-state index contributed by atoms with van der Waals surface area (Å²) in [4.78, 5) is 12.2. The van der Waals surface area contributed by atoms with Crippen molar-refractivity contribution in [2.75, 3.05) is 33.4 Å². The van der Waals surface area contributed by atoms with E-state index in [0.29, 0.717) is 5.56 Å². The molecule has 0 aliphatic carbocycles. The Morgan fingerprint density at radius 1 is 1.43 bits per heavy atom. The van der Waals surface area contributed by atoms with E-state index in [2.05, 4.69) is 15.4 Å². The van der Waals surface area contributed by atoms with E-state index in [9.17, 15) is 13.2 Å². The summed E-state index contributed by atoms with van der Waals surface area (Å²) in [7, 11) is -2.14. The second-order valence-corrected chi connectivity index (χ2v) is 6.85. The average molecular weight is 364 g/mol. The molecule has 1 aromatic carbocycles. The molecule has 3 N–H and O–H groups in total. The number of carbonyl (C=O) groups excluding carboxylic acids is 1. The van der Waals surface area contributed by atoms with Gasteiger partial charge in [0.1, 0.15) is 0 Å². The molecule has 1 saturated heterocycles. The van der Waals surface area contributed by atoms with Crippen LogP contribution in [0.2, 0.25) is 0 Å². The van der Waals surface area contributed by atoms with Crippen LogP contribution in [0.25, 0.3) is 0 Å². The highest BCUT2D eigenvalue weighted by atomic mass is 35.5. The summed E-state index contributed by atoms with van der Waals surface area (Å²) in [5, 5.41) is 6.05. The summed E-state index contributed by atoms with van der Waals surface area (Å²) >= 11 is 0. The second-order valence-electron chi connectivity index (χ2n) is 5.08. The quantitative estimate of drug-likeness (QED) is 0.598. The predicted molar refractivity (Wildman–Crippen MR) is 89.5 cm³/mol. The molecule has 1 amide bonds. The van der Waals surface area contributed by atoms with Gasteiger partial charge in [0.05, 0.1) is 11.5 Å². The average Bonchev–Trinajstić information content (AvgIpc) is 3.00. The molecule has 2 rings (SSSR count). The maximum absolute atomic E-state index is 12.2. The Labute approximate surface area is 142 Å².